The maximum Gasteiger partial charge on any atom is 1.00 e. The zero-order valence-corrected chi connectivity index (χ0v) is 39.7. The van der Waals surface area contributed by atoms with Crippen molar-refractivity contribution in [3.05, 3.63) is 97.3 Å². The molecule has 0 aliphatic carbocycles. The molecule has 0 saturated carbocycles. The second kappa shape index (κ2) is 25.6. The molecule has 9 rings (SSSR count). The van der Waals surface area contributed by atoms with E-state index in [0.29, 0.717) is 42.4 Å². The Morgan fingerprint density at radius 1 is 0.695 bits per heavy atom. The minimum Gasteiger partial charge on any atom is -1.00 e. The molecule has 3 aromatic carbocycles. The molecule has 3 aromatic rings. The standard InChI is InChI=1S/C12H13FN2O3.C12H15FN2O.C6H3ClFNO2.C6H11NO.CH2O3.2K.H/c13-11-5-8(15(16)17)1-4-12(11)14-6-9-2-3-10(7-14)18-9;13-11-5-8(14)1-4-12(11)15-6-9-2-3-10(7-15)16-9;7-5-2-1-4(9(10)11)3-6(5)8;1-2-6-4-7-3-5(1)8-6;2-1-4-3;;;/h1,4-5,9-10H,2-3,6-7H2;1,4-5,9-10H,2-3,6-7,14H2;1-3H;5-7H,1-4H2;1,3H;;;/q;;;;;2*+1;-1/p-1. The Morgan fingerprint density at radius 3 is 1.44 bits per heavy atom. The van der Waals surface area contributed by atoms with Crippen molar-refractivity contribution in [2.45, 2.75) is 75.1 Å². The van der Waals surface area contributed by atoms with E-state index in [-0.39, 0.29) is 157 Å². The summed E-state index contributed by atoms with van der Waals surface area (Å²) >= 11 is 5.29. The van der Waals surface area contributed by atoms with Gasteiger partial charge >= 0.3 is 103 Å². The topological polar surface area (TPSA) is 208 Å². The summed E-state index contributed by atoms with van der Waals surface area (Å²) in [7, 11) is 0. The fourth-order valence-electron chi connectivity index (χ4n) is 7.35. The number of rotatable bonds is 5. The Bertz CT molecular complexity index is 1830. The van der Waals surface area contributed by atoms with E-state index < -0.39 is 21.5 Å². The van der Waals surface area contributed by atoms with E-state index in [1.807, 2.05) is 4.90 Å². The van der Waals surface area contributed by atoms with E-state index in [4.69, 9.17) is 41.6 Å². The molecular weight excluding hydrogens is 859 g/mol. The number of nitro benzene ring substituents is 2. The average molecular weight is 903 g/mol. The SMILES string of the molecule is C1CC2CNCC1O2.Nc1ccc(N2CC3CCC(C2)O3)c(F)c1.O=CO[O-].O=[N+]([O-])c1ccc(Cl)c(F)c1.O=[N+]([O-])c1ccc(N2CC3CCC(C2)O3)c(F)c1.[H-].[K+].[K+]. The number of nitrogens with zero attached hydrogens (tertiary/aromatic N) is 4. The van der Waals surface area contributed by atoms with Crippen LogP contribution in [0.15, 0.2) is 54.6 Å². The number of nitrogen functional groups attached to an aromatic ring is 1. The van der Waals surface area contributed by atoms with Crippen LogP contribution in [0, 0.1) is 37.7 Å². The van der Waals surface area contributed by atoms with E-state index in [0.717, 1.165) is 76.1 Å². The van der Waals surface area contributed by atoms with Gasteiger partial charge < -0.3 is 46.6 Å². The predicted molar refractivity (Wildman–Crippen MR) is 201 cm³/mol. The van der Waals surface area contributed by atoms with Gasteiger partial charge in [0.25, 0.3) is 17.8 Å². The van der Waals surface area contributed by atoms with Crippen molar-refractivity contribution in [3.8, 4) is 0 Å². The van der Waals surface area contributed by atoms with E-state index in [9.17, 15) is 33.4 Å². The summed E-state index contributed by atoms with van der Waals surface area (Å²) in [6, 6.07) is 11.8. The minimum atomic E-state index is -0.777. The normalized spacial score (nSPS) is 24.0. The molecule has 6 bridgehead atoms. The summed E-state index contributed by atoms with van der Waals surface area (Å²) < 4.78 is 57.1. The molecule has 16 nitrogen and oxygen atoms in total. The first-order valence-corrected chi connectivity index (χ1v) is 18.7. The second-order valence-corrected chi connectivity index (χ2v) is 14.4. The van der Waals surface area contributed by atoms with Gasteiger partial charge in [-0.3, -0.25) is 25.0 Å². The summed E-state index contributed by atoms with van der Waals surface area (Å²) in [5, 5.41) is 32.3. The van der Waals surface area contributed by atoms with Crippen LogP contribution < -0.4 is 129 Å². The monoisotopic (exact) mass is 902 g/mol. The molecule has 6 aliphatic rings. The summed E-state index contributed by atoms with van der Waals surface area (Å²) in [5.41, 5.74) is 6.58. The number of nitrogens with two attached hydrogens (primary N) is 1. The second-order valence-electron chi connectivity index (χ2n) is 14.0. The van der Waals surface area contributed by atoms with Gasteiger partial charge in [0.15, 0.2) is 5.82 Å². The van der Waals surface area contributed by atoms with Crippen molar-refractivity contribution < 1.29 is 156 Å². The molecule has 6 aliphatic heterocycles. The molecule has 59 heavy (non-hydrogen) atoms. The van der Waals surface area contributed by atoms with Gasteiger partial charge in [-0.1, -0.05) is 11.6 Å². The van der Waals surface area contributed by atoms with Gasteiger partial charge in [0.05, 0.1) is 75.0 Å². The van der Waals surface area contributed by atoms with Crippen LogP contribution in [0.5, 0.6) is 0 Å². The zero-order chi connectivity index (χ0) is 41.1. The number of halogens is 4. The largest absolute Gasteiger partial charge is 1.00 e. The summed E-state index contributed by atoms with van der Waals surface area (Å²) in [6.45, 7) is 4.87. The van der Waals surface area contributed by atoms with E-state index in [1.165, 1.54) is 31.0 Å². The number of nitrogens with one attached hydrogen (secondary N) is 1. The van der Waals surface area contributed by atoms with Gasteiger partial charge in [-0.2, -0.15) is 0 Å². The Balaban J connectivity index is 0.000000272. The predicted octanol–water partition coefficient (Wildman–Crippen LogP) is -1.04. The Labute approximate surface area is 430 Å². The fraction of sp³-hybridized carbons (Fsp3) is 0.486. The maximum atomic E-state index is 13.9. The first-order chi connectivity index (χ1) is 27.3. The van der Waals surface area contributed by atoms with Crippen LogP contribution in [0.3, 0.4) is 0 Å². The molecule has 6 unspecified atom stereocenters. The molecular formula is C37H44ClF3K2N6O10. The van der Waals surface area contributed by atoms with Gasteiger partial charge in [0.1, 0.15) is 11.6 Å². The maximum absolute atomic E-state index is 13.9. The molecule has 0 spiro atoms. The summed E-state index contributed by atoms with van der Waals surface area (Å²) in [5.74, 6) is -1.55. The number of ether oxygens (including phenoxy) is 3. The van der Waals surface area contributed by atoms with Crippen molar-refractivity contribution in [1.82, 2.24) is 5.32 Å². The summed E-state index contributed by atoms with van der Waals surface area (Å²) in [4.78, 5) is 34.6. The summed E-state index contributed by atoms with van der Waals surface area (Å²) in [6.07, 6.45) is 8.74. The smallest absolute Gasteiger partial charge is 1.00 e. The van der Waals surface area contributed by atoms with Crippen LogP contribution in [-0.2, 0) is 23.9 Å². The quantitative estimate of drug-likeness (QED) is 0.0784. The van der Waals surface area contributed by atoms with Crippen LogP contribution in [0.1, 0.15) is 40.0 Å². The number of hydrogen-bond acceptors (Lipinski definition) is 14. The number of carbonyl (C=O) groups is 1. The first kappa shape index (κ1) is 51.8. The third kappa shape index (κ3) is 15.7. The molecule has 0 radical (unpaired) electrons. The van der Waals surface area contributed by atoms with Crippen molar-refractivity contribution in [2.24, 2.45) is 0 Å². The van der Waals surface area contributed by atoms with Crippen LogP contribution >= 0.6 is 11.6 Å². The van der Waals surface area contributed by atoms with E-state index in [2.05, 4.69) is 15.1 Å². The zero-order valence-electron chi connectivity index (χ0n) is 33.7. The Kier molecular flexibility index (Phi) is 22.5. The molecule has 0 amide bonds. The fourth-order valence-corrected chi connectivity index (χ4v) is 7.47. The van der Waals surface area contributed by atoms with Crippen LogP contribution in [0.4, 0.5) is 41.6 Å². The minimum absolute atomic E-state index is 0. The Hall–Kier alpha value is -1.52. The molecule has 312 valence electrons. The number of morpholine rings is 3. The van der Waals surface area contributed by atoms with Crippen molar-refractivity contribution in [1.29, 1.82) is 0 Å². The van der Waals surface area contributed by atoms with E-state index in [1.54, 1.807) is 12.1 Å². The van der Waals surface area contributed by atoms with Crippen molar-refractivity contribution in [2.75, 3.05) is 54.8 Å². The van der Waals surface area contributed by atoms with Gasteiger partial charge in [0, 0.05) is 57.1 Å². The molecule has 3 N–H and O–H groups in total. The van der Waals surface area contributed by atoms with Crippen molar-refractivity contribution in [3.63, 3.8) is 0 Å². The first-order valence-electron chi connectivity index (χ1n) is 18.3. The van der Waals surface area contributed by atoms with E-state index >= 15 is 0 Å². The van der Waals surface area contributed by atoms with Crippen LogP contribution in [0.2, 0.25) is 5.02 Å². The third-order valence-electron chi connectivity index (χ3n) is 9.98. The van der Waals surface area contributed by atoms with Gasteiger partial charge in [-0.15, -0.1) is 0 Å². The molecule has 6 heterocycles. The molecule has 6 fully saturated rings. The number of nitro groups is 2. The Morgan fingerprint density at radius 2 is 1.07 bits per heavy atom. The molecule has 22 heteroatoms. The number of benzene rings is 3. The average Bonchev–Trinajstić information content (AvgIpc) is 3.84. The molecule has 6 atom stereocenters. The number of carbonyl (C=O) groups excluding carboxylic acids is 1. The third-order valence-corrected chi connectivity index (χ3v) is 10.3. The van der Waals surface area contributed by atoms with Gasteiger partial charge in [-0.05, 0) is 68.9 Å². The molecule has 6 saturated heterocycles. The van der Waals surface area contributed by atoms with Crippen molar-refractivity contribution >= 4 is 46.5 Å². The number of hydrogen-bond donors (Lipinski definition) is 2. The number of anilines is 3. The van der Waals surface area contributed by atoms with Crippen LogP contribution in [0.25, 0.3) is 0 Å². The number of fused-ring (bicyclic) bond motifs is 6. The number of non-ortho nitro benzene ring substituents is 2. The molecule has 0 aromatic heterocycles. The van der Waals surface area contributed by atoms with Gasteiger partial charge in [0.2, 0.25) is 0 Å². The van der Waals surface area contributed by atoms with Crippen LogP contribution in [-0.4, -0.2) is 92.2 Å². The van der Waals surface area contributed by atoms with Gasteiger partial charge in [-0.25, -0.2) is 13.2 Å².